The number of benzene rings is 1. The summed E-state index contributed by atoms with van der Waals surface area (Å²) in [5.74, 6) is -1.70. The van der Waals surface area contributed by atoms with Crippen LogP contribution in [0.25, 0.3) is 10.4 Å². The molecule has 110 valence electrons. The lowest BCUT2D eigenvalue weighted by Gasteiger charge is -2.32. The molecule has 0 fully saturated rings. The molecule has 1 N–H and O–H groups in total. The van der Waals surface area contributed by atoms with E-state index >= 15 is 0 Å². The maximum Gasteiger partial charge on any atom is 0.137 e. The third-order valence-corrected chi connectivity index (χ3v) is 3.18. The molecule has 2 aromatic rings. The first-order valence-corrected chi connectivity index (χ1v) is 6.02. The van der Waals surface area contributed by atoms with Crippen LogP contribution in [0.4, 0.5) is 8.78 Å². The minimum Gasteiger partial charge on any atom is -0.383 e. The fraction of sp³-hybridized carbons (Fsp3) is 0.333. The summed E-state index contributed by atoms with van der Waals surface area (Å²) in [6, 6.07) is 1.79. The predicted molar refractivity (Wildman–Crippen MR) is 68.9 cm³/mol. The van der Waals surface area contributed by atoms with Crippen LogP contribution in [0.2, 0.25) is 0 Å². The van der Waals surface area contributed by atoms with Crippen molar-refractivity contribution in [2.75, 3.05) is 0 Å². The minimum atomic E-state index is -1.89. The van der Waals surface area contributed by atoms with Gasteiger partial charge in [0.25, 0.3) is 0 Å². The van der Waals surface area contributed by atoms with Gasteiger partial charge in [-0.05, 0) is 11.6 Å². The summed E-state index contributed by atoms with van der Waals surface area (Å²) in [5.41, 5.74) is 6.47. The van der Waals surface area contributed by atoms with Gasteiger partial charge in [0, 0.05) is 16.5 Å². The number of rotatable bonds is 5. The summed E-state index contributed by atoms with van der Waals surface area (Å²) in [6.07, 6.45) is 2.58. The lowest BCUT2D eigenvalue weighted by atomic mass is 9.87. The van der Waals surface area contributed by atoms with Crippen LogP contribution in [-0.2, 0) is 12.1 Å². The second kappa shape index (κ2) is 5.86. The fourth-order valence-electron chi connectivity index (χ4n) is 2.02. The number of halogens is 2. The first kappa shape index (κ1) is 14.9. The van der Waals surface area contributed by atoms with Gasteiger partial charge < -0.3 is 5.11 Å². The highest BCUT2D eigenvalue weighted by Crippen LogP contribution is 2.31. The number of aromatic nitrogens is 3. The molecule has 2 rings (SSSR count). The molecule has 1 heterocycles. The van der Waals surface area contributed by atoms with Crippen LogP contribution in [-0.4, -0.2) is 25.9 Å². The summed E-state index contributed by atoms with van der Waals surface area (Å²) >= 11 is 0. The van der Waals surface area contributed by atoms with Gasteiger partial charge in [-0.2, -0.15) is 5.10 Å². The van der Waals surface area contributed by atoms with Crippen molar-refractivity contribution < 1.29 is 13.9 Å². The Balaban J connectivity index is 2.51. The molecule has 2 atom stereocenters. The Hall–Kier alpha value is -2.51. The smallest absolute Gasteiger partial charge is 0.137 e. The molecule has 0 aliphatic heterocycles. The molecule has 1 aromatic carbocycles. The highest BCUT2D eigenvalue weighted by atomic mass is 19.1. The average molecular weight is 294 g/mol. The monoisotopic (exact) mass is 294 g/mol. The van der Waals surface area contributed by atoms with Crippen LogP contribution in [0.15, 0.2) is 36.0 Å². The summed E-state index contributed by atoms with van der Waals surface area (Å²) < 4.78 is 28.3. The van der Waals surface area contributed by atoms with Gasteiger partial charge in [-0.25, -0.2) is 18.4 Å². The molecule has 0 aliphatic carbocycles. The van der Waals surface area contributed by atoms with Crippen molar-refractivity contribution in [3.8, 4) is 0 Å². The molecule has 0 unspecified atom stereocenters. The zero-order chi connectivity index (χ0) is 15.5. The first-order valence-electron chi connectivity index (χ1n) is 6.02. The maximum atomic E-state index is 14.0. The number of aliphatic hydroxyl groups is 1. The van der Waals surface area contributed by atoms with E-state index in [0.29, 0.717) is 6.07 Å². The molecular formula is C12H12F2N6O. The van der Waals surface area contributed by atoms with Gasteiger partial charge in [0.15, 0.2) is 0 Å². The highest BCUT2D eigenvalue weighted by molar-refractivity contribution is 5.27. The Morgan fingerprint density at radius 2 is 2.29 bits per heavy atom. The SMILES string of the molecule is C[C@@H](N=[N+]=[N-])[C@](O)(Cn1cncn1)c1ccc(F)cc1F. The van der Waals surface area contributed by atoms with E-state index in [9.17, 15) is 13.9 Å². The van der Waals surface area contributed by atoms with Gasteiger partial charge in [0.1, 0.15) is 29.9 Å². The summed E-state index contributed by atoms with van der Waals surface area (Å²) in [7, 11) is 0. The van der Waals surface area contributed by atoms with Crippen molar-refractivity contribution in [1.82, 2.24) is 14.8 Å². The Morgan fingerprint density at radius 3 is 2.86 bits per heavy atom. The molecule has 0 spiro atoms. The van der Waals surface area contributed by atoms with Crippen molar-refractivity contribution in [2.24, 2.45) is 5.11 Å². The van der Waals surface area contributed by atoms with Crippen LogP contribution < -0.4 is 0 Å². The second-order valence-corrected chi connectivity index (χ2v) is 4.52. The van der Waals surface area contributed by atoms with E-state index in [0.717, 1.165) is 12.1 Å². The molecule has 0 radical (unpaired) electrons. The van der Waals surface area contributed by atoms with Crippen LogP contribution in [0, 0.1) is 11.6 Å². The zero-order valence-electron chi connectivity index (χ0n) is 11.1. The number of hydrogen-bond acceptors (Lipinski definition) is 4. The van der Waals surface area contributed by atoms with Crippen LogP contribution in [0.3, 0.4) is 0 Å². The molecule has 0 amide bonds. The molecular weight excluding hydrogens is 282 g/mol. The second-order valence-electron chi connectivity index (χ2n) is 4.52. The van der Waals surface area contributed by atoms with Crippen molar-refractivity contribution in [1.29, 1.82) is 0 Å². The summed E-state index contributed by atoms with van der Waals surface area (Å²) in [4.78, 5) is 6.35. The topological polar surface area (TPSA) is 99.7 Å². The molecule has 21 heavy (non-hydrogen) atoms. The third-order valence-electron chi connectivity index (χ3n) is 3.18. The van der Waals surface area contributed by atoms with E-state index in [2.05, 4.69) is 20.1 Å². The van der Waals surface area contributed by atoms with Crippen LogP contribution >= 0.6 is 0 Å². The summed E-state index contributed by atoms with van der Waals surface area (Å²) in [6.45, 7) is 1.23. The summed E-state index contributed by atoms with van der Waals surface area (Å²) in [5, 5.41) is 18.1. The van der Waals surface area contributed by atoms with Crippen LogP contribution in [0.1, 0.15) is 12.5 Å². The standard InChI is InChI=1S/C12H12F2N6O/c1-8(18-19-15)12(21,5-20-7-16-6-17-20)10-3-2-9(13)4-11(10)14/h2-4,6-8,21H,5H2,1H3/t8-,12-/m1/s1. The molecule has 9 heteroatoms. The van der Waals surface area contributed by atoms with Gasteiger partial charge in [-0.15, -0.1) is 0 Å². The average Bonchev–Trinajstić information content (AvgIpc) is 2.91. The molecule has 7 nitrogen and oxygen atoms in total. The maximum absolute atomic E-state index is 14.0. The Bertz CT molecular complexity index is 670. The highest BCUT2D eigenvalue weighted by Gasteiger charge is 2.38. The van der Waals surface area contributed by atoms with Crippen molar-refractivity contribution >= 4 is 0 Å². The predicted octanol–water partition coefficient (Wildman–Crippen LogP) is 2.14. The quantitative estimate of drug-likeness (QED) is 0.519. The molecule has 0 bridgehead atoms. The molecule has 1 aromatic heterocycles. The van der Waals surface area contributed by atoms with E-state index in [-0.39, 0.29) is 12.1 Å². The minimum absolute atomic E-state index is 0.181. The van der Waals surface area contributed by atoms with Crippen molar-refractivity contribution in [3.63, 3.8) is 0 Å². The number of azide groups is 1. The normalized spacial score (nSPS) is 15.0. The molecule has 0 saturated heterocycles. The Labute approximate surface area is 118 Å². The van der Waals surface area contributed by atoms with Gasteiger partial charge in [-0.3, -0.25) is 0 Å². The van der Waals surface area contributed by atoms with Gasteiger partial charge in [-0.1, -0.05) is 18.1 Å². The van der Waals surface area contributed by atoms with E-state index in [1.54, 1.807) is 0 Å². The fourth-order valence-corrected chi connectivity index (χ4v) is 2.02. The Kier molecular flexibility index (Phi) is 4.15. The Morgan fingerprint density at radius 1 is 1.52 bits per heavy atom. The first-order chi connectivity index (χ1) is 9.97. The lowest BCUT2D eigenvalue weighted by molar-refractivity contribution is -0.00836. The van der Waals surface area contributed by atoms with Gasteiger partial charge >= 0.3 is 0 Å². The van der Waals surface area contributed by atoms with Crippen molar-refractivity contribution in [3.05, 3.63) is 58.5 Å². The molecule has 0 saturated carbocycles. The number of nitrogens with zero attached hydrogens (tertiary/aromatic N) is 6. The van der Waals surface area contributed by atoms with Crippen LogP contribution in [0.5, 0.6) is 0 Å². The number of hydrogen-bond donors (Lipinski definition) is 1. The third kappa shape index (κ3) is 2.99. The van der Waals surface area contributed by atoms with E-state index < -0.39 is 23.3 Å². The van der Waals surface area contributed by atoms with E-state index in [1.807, 2.05) is 0 Å². The van der Waals surface area contributed by atoms with Gasteiger partial charge in [0.2, 0.25) is 0 Å². The molecule has 0 aliphatic rings. The van der Waals surface area contributed by atoms with Gasteiger partial charge in [0.05, 0.1) is 12.6 Å². The zero-order valence-corrected chi connectivity index (χ0v) is 11.1. The lowest BCUT2D eigenvalue weighted by Crippen LogP contribution is -2.41. The van der Waals surface area contributed by atoms with E-state index in [1.165, 1.54) is 24.3 Å². The van der Waals surface area contributed by atoms with Crippen molar-refractivity contribution in [2.45, 2.75) is 25.1 Å². The van der Waals surface area contributed by atoms with E-state index in [4.69, 9.17) is 5.53 Å². The largest absolute Gasteiger partial charge is 0.383 e.